The lowest BCUT2D eigenvalue weighted by atomic mass is 10.0. The van der Waals surface area contributed by atoms with Crippen LogP contribution >= 0.6 is 11.3 Å². The molecule has 3 rings (SSSR count). The van der Waals surface area contributed by atoms with E-state index in [0.717, 1.165) is 18.8 Å². The van der Waals surface area contributed by atoms with Gasteiger partial charge in [-0.2, -0.15) is 0 Å². The second-order valence-electron chi connectivity index (χ2n) is 8.23. The minimum atomic E-state index is -0.743. The number of carbonyl (C=O) groups excluding carboxylic acids is 3. The number of thiazole rings is 1. The smallest absolute Gasteiger partial charge is 0.251 e. The third-order valence-electron chi connectivity index (χ3n) is 5.23. The number of hydrogen-bond acceptors (Lipinski definition) is 7. The van der Waals surface area contributed by atoms with Crippen LogP contribution in [0.3, 0.4) is 0 Å². The molecule has 2 atom stereocenters. The summed E-state index contributed by atoms with van der Waals surface area (Å²) in [6.07, 6.45) is 2.01. The van der Waals surface area contributed by atoms with Gasteiger partial charge in [-0.25, -0.2) is 4.98 Å². The predicted octanol–water partition coefficient (Wildman–Crippen LogP) is 2.51. The lowest BCUT2D eigenvalue weighted by Gasteiger charge is -2.29. The number of ketones is 1. The molecule has 172 valence electrons. The normalized spacial score (nSPS) is 15.8. The largest absolute Gasteiger partial charge is 0.378 e. The number of benzene rings is 1. The number of ether oxygens (including phenoxy) is 1. The lowest BCUT2D eigenvalue weighted by molar-refractivity contribution is -0.123. The molecule has 0 bridgehead atoms. The number of anilines is 1. The minimum absolute atomic E-state index is 0.180. The second-order valence-corrected chi connectivity index (χ2v) is 9.13. The molecule has 1 aliphatic heterocycles. The Balaban J connectivity index is 1.63. The van der Waals surface area contributed by atoms with Crippen LogP contribution in [0.4, 0.5) is 5.69 Å². The highest BCUT2D eigenvalue weighted by Crippen LogP contribution is 2.17. The monoisotopic (exact) mass is 458 g/mol. The van der Waals surface area contributed by atoms with Crippen LogP contribution in [0.15, 0.2) is 35.8 Å². The van der Waals surface area contributed by atoms with Crippen molar-refractivity contribution in [1.82, 2.24) is 15.6 Å². The third kappa shape index (κ3) is 6.37. The van der Waals surface area contributed by atoms with E-state index in [2.05, 4.69) is 20.5 Å². The van der Waals surface area contributed by atoms with E-state index < -0.39 is 12.1 Å². The first-order valence-corrected chi connectivity index (χ1v) is 11.7. The van der Waals surface area contributed by atoms with Gasteiger partial charge < -0.3 is 20.3 Å². The van der Waals surface area contributed by atoms with Gasteiger partial charge in [0, 0.05) is 35.9 Å². The van der Waals surface area contributed by atoms with Gasteiger partial charge in [0.2, 0.25) is 11.7 Å². The molecule has 0 spiro atoms. The van der Waals surface area contributed by atoms with E-state index in [4.69, 9.17) is 4.74 Å². The maximum absolute atomic E-state index is 12.9. The van der Waals surface area contributed by atoms with Crippen LogP contribution in [0.1, 0.15) is 47.4 Å². The van der Waals surface area contributed by atoms with Crippen LogP contribution in [0.5, 0.6) is 0 Å². The van der Waals surface area contributed by atoms with Crippen LogP contribution < -0.4 is 15.5 Å². The molecule has 1 aromatic heterocycles. The summed E-state index contributed by atoms with van der Waals surface area (Å²) in [4.78, 5) is 44.4. The average Bonchev–Trinajstić information content (AvgIpc) is 3.33. The number of aromatic nitrogens is 1. The molecular formula is C23H30N4O4S. The summed E-state index contributed by atoms with van der Waals surface area (Å²) < 4.78 is 5.38. The Morgan fingerprint density at radius 1 is 1.09 bits per heavy atom. The topological polar surface area (TPSA) is 101 Å². The van der Waals surface area contributed by atoms with Crippen LogP contribution in [0.2, 0.25) is 0 Å². The summed E-state index contributed by atoms with van der Waals surface area (Å²) in [6.45, 7) is 8.61. The summed E-state index contributed by atoms with van der Waals surface area (Å²) >= 11 is 1.23. The molecule has 0 radical (unpaired) electrons. The van der Waals surface area contributed by atoms with Gasteiger partial charge in [-0.3, -0.25) is 14.4 Å². The quantitative estimate of drug-likeness (QED) is 0.560. The van der Waals surface area contributed by atoms with Crippen molar-refractivity contribution in [3.05, 3.63) is 46.4 Å². The molecule has 8 nitrogen and oxygen atoms in total. The van der Waals surface area contributed by atoms with Crippen molar-refractivity contribution in [2.75, 3.05) is 31.2 Å². The SMILES string of the molecule is CC(C)CC(NC(=O)c1ccc(N2CCOCC2)cc1)C(=O)N[C@@H](C)C(=O)c1nccs1. The number of nitrogens with zero attached hydrogens (tertiary/aromatic N) is 2. The number of nitrogens with one attached hydrogen (secondary N) is 2. The maximum atomic E-state index is 12.9. The predicted molar refractivity (Wildman–Crippen MR) is 124 cm³/mol. The molecule has 9 heteroatoms. The van der Waals surface area contributed by atoms with Crippen LogP contribution in [0, 0.1) is 5.92 Å². The average molecular weight is 459 g/mol. The second kappa shape index (κ2) is 11.2. The summed E-state index contributed by atoms with van der Waals surface area (Å²) in [7, 11) is 0. The number of carbonyl (C=O) groups is 3. The highest BCUT2D eigenvalue weighted by Gasteiger charge is 2.27. The number of hydrogen-bond donors (Lipinski definition) is 2. The molecule has 1 aromatic carbocycles. The van der Waals surface area contributed by atoms with Crippen molar-refractivity contribution in [3.63, 3.8) is 0 Å². The first-order chi connectivity index (χ1) is 15.3. The maximum Gasteiger partial charge on any atom is 0.251 e. The van der Waals surface area contributed by atoms with E-state index >= 15 is 0 Å². The van der Waals surface area contributed by atoms with Gasteiger partial charge >= 0.3 is 0 Å². The number of morpholine rings is 1. The molecule has 2 heterocycles. The Morgan fingerprint density at radius 2 is 1.78 bits per heavy atom. The van der Waals surface area contributed by atoms with E-state index in [1.54, 1.807) is 30.6 Å². The fourth-order valence-corrected chi connectivity index (χ4v) is 4.16. The van der Waals surface area contributed by atoms with Crippen molar-refractivity contribution < 1.29 is 19.1 Å². The van der Waals surface area contributed by atoms with E-state index in [0.29, 0.717) is 30.2 Å². The molecule has 1 aliphatic rings. The first-order valence-electron chi connectivity index (χ1n) is 10.8. The molecule has 0 saturated carbocycles. The van der Waals surface area contributed by atoms with Gasteiger partial charge in [0.15, 0.2) is 5.01 Å². The Kier molecular flexibility index (Phi) is 8.35. The van der Waals surface area contributed by atoms with Crippen molar-refractivity contribution in [2.24, 2.45) is 5.92 Å². The van der Waals surface area contributed by atoms with Crippen molar-refractivity contribution in [2.45, 2.75) is 39.3 Å². The molecule has 2 amide bonds. The lowest BCUT2D eigenvalue weighted by Crippen LogP contribution is -2.51. The number of amides is 2. The Bertz CT molecular complexity index is 909. The Labute approximate surface area is 192 Å². The standard InChI is InChI=1S/C23H30N4O4S/c1-15(2)14-19(22(30)25-16(3)20(28)23-24-8-13-32-23)26-21(29)17-4-6-18(7-5-17)27-9-11-31-12-10-27/h4-8,13,15-16,19H,9-12,14H2,1-3H3,(H,25,30)(H,26,29)/t16-,19?/m0/s1. The van der Waals surface area contributed by atoms with Crippen molar-refractivity contribution in [1.29, 1.82) is 0 Å². The zero-order valence-corrected chi connectivity index (χ0v) is 19.5. The van der Waals surface area contributed by atoms with Gasteiger partial charge in [-0.1, -0.05) is 13.8 Å². The molecule has 1 unspecified atom stereocenters. The van der Waals surface area contributed by atoms with Crippen LogP contribution in [-0.4, -0.2) is 61.0 Å². The fourth-order valence-electron chi connectivity index (χ4n) is 3.50. The van der Waals surface area contributed by atoms with Gasteiger partial charge in [0.25, 0.3) is 5.91 Å². The fraction of sp³-hybridized carbons (Fsp3) is 0.478. The molecule has 1 fully saturated rings. The van der Waals surface area contributed by atoms with Gasteiger partial charge in [-0.15, -0.1) is 11.3 Å². The van der Waals surface area contributed by atoms with Crippen LogP contribution in [0.25, 0.3) is 0 Å². The highest BCUT2D eigenvalue weighted by molar-refractivity contribution is 7.11. The summed E-state index contributed by atoms with van der Waals surface area (Å²) in [5.74, 6) is -0.769. The van der Waals surface area contributed by atoms with Crippen molar-refractivity contribution in [3.8, 4) is 0 Å². The van der Waals surface area contributed by atoms with E-state index in [-0.39, 0.29) is 23.5 Å². The molecule has 1 saturated heterocycles. The highest BCUT2D eigenvalue weighted by atomic mass is 32.1. The summed E-state index contributed by atoms with van der Waals surface area (Å²) in [6, 6.07) is 5.87. The molecule has 2 aromatic rings. The number of Topliss-reactive ketones (excluding diaryl/α,β-unsaturated/α-hetero) is 1. The minimum Gasteiger partial charge on any atom is -0.378 e. The van der Waals surface area contributed by atoms with E-state index in [1.165, 1.54) is 11.3 Å². The zero-order valence-electron chi connectivity index (χ0n) is 18.7. The Morgan fingerprint density at radius 3 is 2.38 bits per heavy atom. The molecular weight excluding hydrogens is 428 g/mol. The van der Waals surface area contributed by atoms with Crippen molar-refractivity contribution >= 4 is 34.6 Å². The van der Waals surface area contributed by atoms with Crippen LogP contribution in [-0.2, 0) is 9.53 Å². The molecule has 2 N–H and O–H groups in total. The third-order valence-corrected chi connectivity index (χ3v) is 6.02. The summed E-state index contributed by atoms with van der Waals surface area (Å²) in [5, 5.41) is 7.63. The zero-order chi connectivity index (χ0) is 23.1. The van der Waals surface area contributed by atoms with Gasteiger partial charge in [0.05, 0.1) is 19.3 Å². The molecule has 0 aliphatic carbocycles. The van der Waals surface area contributed by atoms with E-state index in [1.807, 2.05) is 26.0 Å². The van der Waals surface area contributed by atoms with Gasteiger partial charge in [-0.05, 0) is 43.5 Å². The van der Waals surface area contributed by atoms with E-state index in [9.17, 15) is 14.4 Å². The number of rotatable bonds is 9. The Hall–Kier alpha value is -2.78. The van der Waals surface area contributed by atoms with Gasteiger partial charge in [0.1, 0.15) is 6.04 Å². The molecule has 32 heavy (non-hydrogen) atoms. The first kappa shape index (κ1) is 23.9. The summed E-state index contributed by atoms with van der Waals surface area (Å²) in [5.41, 5.74) is 1.52.